The van der Waals surface area contributed by atoms with Gasteiger partial charge in [0.15, 0.2) is 0 Å². The molecule has 0 saturated heterocycles. The molecule has 0 spiro atoms. The summed E-state index contributed by atoms with van der Waals surface area (Å²) in [6.45, 7) is 6.38. The minimum atomic E-state index is -3.47. The van der Waals surface area contributed by atoms with E-state index < -0.39 is 10.0 Å². The number of ether oxygens (including phenoxy) is 1. The molecule has 164 valence electrons. The molecule has 0 aliphatic heterocycles. The molecule has 1 atom stereocenters. The van der Waals surface area contributed by atoms with E-state index in [9.17, 15) is 13.2 Å². The van der Waals surface area contributed by atoms with Crippen LogP contribution in [0.3, 0.4) is 0 Å². The van der Waals surface area contributed by atoms with Crippen molar-refractivity contribution in [1.82, 2.24) is 5.32 Å². The lowest BCUT2D eigenvalue weighted by molar-refractivity contribution is -0.121. The van der Waals surface area contributed by atoms with Crippen LogP contribution in [0.4, 0.5) is 5.69 Å². The smallest absolute Gasteiger partial charge is 0.232 e. The summed E-state index contributed by atoms with van der Waals surface area (Å²) in [4.78, 5) is 12.5. The molecule has 7 heteroatoms. The van der Waals surface area contributed by atoms with Crippen molar-refractivity contribution in [3.05, 3.63) is 59.2 Å². The Balaban J connectivity index is 2.00. The van der Waals surface area contributed by atoms with Crippen LogP contribution in [0, 0.1) is 13.8 Å². The summed E-state index contributed by atoms with van der Waals surface area (Å²) in [6.07, 6.45) is 2.61. The van der Waals surface area contributed by atoms with E-state index >= 15 is 0 Å². The Hall–Kier alpha value is -2.54. The highest BCUT2D eigenvalue weighted by atomic mass is 32.2. The summed E-state index contributed by atoms with van der Waals surface area (Å²) in [5.41, 5.74) is 4.03. The number of nitrogens with zero attached hydrogens (tertiary/aromatic N) is 1. The Labute approximate surface area is 180 Å². The summed E-state index contributed by atoms with van der Waals surface area (Å²) in [5.74, 6) is 0.497. The van der Waals surface area contributed by atoms with E-state index in [-0.39, 0.29) is 24.9 Å². The number of hydrogen-bond acceptors (Lipinski definition) is 4. The molecule has 1 amide bonds. The molecule has 2 aromatic rings. The third-order valence-corrected chi connectivity index (χ3v) is 6.38. The first kappa shape index (κ1) is 23.7. The van der Waals surface area contributed by atoms with Crippen LogP contribution in [0.2, 0.25) is 0 Å². The molecule has 0 bridgehead atoms. The van der Waals surface area contributed by atoms with Gasteiger partial charge in [-0.2, -0.15) is 0 Å². The lowest BCUT2D eigenvalue weighted by atomic mass is 9.99. The predicted molar refractivity (Wildman–Crippen MR) is 122 cm³/mol. The van der Waals surface area contributed by atoms with Crippen molar-refractivity contribution >= 4 is 21.6 Å². The molecule has 1 N–H and O–H groups in total. The molecule has 1 unspecified atom stereocenters. The molecular formula is C23H32N2O4S. The largest absolute Gasteiger partial charge is 0.497 e. The molecule has 0 aliphatic carbocycles. The number of sulfonamides is 1. The number of amides is 1. The van der Waals surface area contributed by atoms with Gasteiger partial charge in [0.25, 0.3) is 0 Å². The topological polar surface area (TPSA) is 75.7 Å². The third kappa shape index (κ3) is 6.49. The quantitative estimate of drug-likeness (QED) is 0.613. The standard InChI is InChI=1S/C23H32N2O4S/c1-6-22(19-13-12-17(2)18(3)15-19)24-23(26)11-8-14-25(30(5,27)28)20-9-7-10-21(16-20)29-4/h7,9-10,12-13,15-16,22H,6,8,11,14H2,1-5H3,(H,24,26). The second-order valence-corrected chi connectivity index (χ2v) is 9.42. The van der Waals surface area contributed by atoms with Crippen LogP contribution < -0.4 is 14.4 Å². The van der Waals surface area contributed by atoms with E-state index in [0.29, 0.717) is 17.9 Å². The maximum atomic E-state index is 12.5. The highest BCUT2D eigenvalue weighted by molar-refractivity contribution is 7.92. The number of rotatable bonds is 10. The van der Waals surface area contributed by atoms with E-state index in [1.165, 1.54) is 28.8 Å². The van der Waals surface area contributed by atoms with Crippen molar-refractivity contribution in [2.75, 3.05) is 24.2 Å². The second kappa shape index (κ2) is 10.5. The second-order valence-electron chi connectivity index (χ2n) is 7.51. The van der Waals surface area contributed by atoms with Gasteiger partial charge in [-0.15, -0.1) is 0 Å². The van der Waals surface area contributed by atoms with Crippen molar-refractivity contribution in [3.63, 3.8) is 0 Å². The fraction of sp³-hybridized carbons (Fsp3) is 0.435. The van der Waals surface area contributed by atoms with Gasteiger partial charge in [0, 0.05) is 19.0 Å². The summed E-state index contributed by atoms with van der Waals surface area (Å²) >= 11 is 0. The molecule has 2 rings (SSSR count). The molecule has 0 aliphatic rings. The number of aryl methyl sites for hydroxylation is 2. The molecule has 0 radical (unpaired) electrons. The highest BCUT2D eigenvalue weighted by Crippen LogP contribution is 2.24. The highest BCUT2D eigenvalue weighted by Gasteiger charge is 2.19. The summed E-state index contributed by atoms with van der Waals surface area (Å²) in [6, 6.07) is 13.1. The fourth-order valence-corrected chi connectivity index (χ4v) is 4.26. The Bertz CT molecular complexity index is 973. The van der Waals surface area contributed by atoms with Gasteiger partial charge in [-0.25, -0.2) is 8.42 Å². The van der Waals surface area contributed by atoms with Gasteiger partial charge in [0.1, 0.15) is 5.75 Å². The van der Waals surface area contributed by atoms with Crippen LogP contribution in [0.5, 0.6) is 5.75 Å². The Morgan fingerprint density at radius 2 is 1.87 bits per heavy atom. The van der Waals surface area contributed by atoms with Crippen LogP contribution in [-0.2, 0) is 14.8 Å². The van der Waals surface area contributed by atoms with E-state index in [2.05, 4.69) is 31.3 Å². The van der Waals surface area contributed by atoms with Gasteiger partial charge in [0.05, 0.1) is 25.1 Å². The zero-order valence-electron chi connectivity index (χ0n) is 18.4. The number of carbonyl (C=O) groups is 1. The van der Waals surface area contributed by atoms with Crippen molar-refractivity contribution in [1.29, 1.82) is 0 Å². The van der Waals surface area contributed by atoms with E-state index in [1.54, 1.807) is 24.3 Å². The molecular weight excluding hydrogens is 400 g/mol. The predicted octanol–water partition coefficient (Wildman–Crippen LogP) is 4.13. The maximum Gasteiger partial charge on any atom is 0.232 e. The first-order valence-electron chi connectivity index (χ1n) is 10.1. The average Bonchev–Trinajstić information content (AvgIpc) is 2.70. The number of methoxy groups -OCH3 is 1. The van der Waals surface area contributed by atoms with E-state index in [1.807, 2.05) is 13.0 Å². The van der Waals surface area contributed by atoms with Crippen LogP contribution in [-0.4, -0.2) is 34.2 Å². The molecule has 0 aromatic heterocycles. The SMILES string of the molecule is CCC(NC(=O)CCCN(c1cccc(OC)c1)S(C)(=O)=O)c1ccc(C)c(C)c1. The van der Waals surface area contributed by atoms with Gasteiger partial charge in [-0.3, -0.25) is 9.10 Å². The molecule has 6 nitrogen and oxygen atoms in total. The number of anilines is 1. The normalized spacial score (nSPS) is 12.3. The van der Waals surface area contributed by atoms with Crippen LogP contribution in [0.25, 0.3) is 0 Å². The number of hydrogen-bond donors (Lipinski definition) is 1. The minimum absolute atomic E-state index is 0.0544. The maximum absolute atomic E-state index is 12.5. The summed E-state index contributed by atoms with van der Waals surface area (Å²) < 4.78 is 31.0. The van der Waals surface area contributed by atoms with Gasteiger partial charge in [0.2, 0.25) is 15.9 Å². The molecule has 2 aromatic carbocycles. The lowest BCUT2D eigenvalue weighted by Gasteiger charge is -2.23. The van der Waals surface area contributed by atoms with E-state index in [0.717, 1.165) is 12.0 Å². The Morgan fingerprint density at radius 3 is 2.47 bits per heavy atom. The van der Waals surface area contributed by atoms with Gasteiger partial charge in [-0.05, 0) is 55.5 Å². The van der Waals surface area contributed by atoms with Crippen molar-refractivity contribution in [3.8, 4) is 5.75 Å². The van der Waals surface area contributed by atoms with E-state index in [4.69, 9.17) is 4.74 Å². The minimum Gasteiger partial charge on any atom is -0.497 e. The molecule has 0 heterocycles. The number of carbonyl (C=O) groups excluding carboxylic acids is 1. The van der Waals surface area contributed by atoms with Crippen LogP contribution in [0.15, 0.2) is 42.5 Å². The monoisotopic (exact) mass is 432 g/mol. The third-order valence-electron chi connectivity index (χ3n) is 5.18. The fourth-order valence-electron chi connectivity index (χ4n) is 3.30. The summed E-state index contributed by atoms with van der Waals surface area (Å²) in [7, 11) is -1.94. The van der Waals surface area contributed by atoms with Gasteiger partial charge in [-0.1, -0.05) is 31.2 Å². The summed E-state index contributed by atoms with van der Waals surface area (Å²) in [5, 5.41) is 3.07. The zero-order valence-corrected chi connectivity index (χ0v) is 19.3. The lowest BCUT2D eigenvalue weighted by Crippen LogP contribution is -2.33. The first-order valence-corrected chi connectivity index (χ1v) is 12.0. The van der Waals surface area contributed by atoms with Crippen LogP contribution in [0.1, 0.15) is 48.9 Å². The van der Waals surface area contributed by atoms with Gasteiger partial charge < -0.3 is 10.1 Å². The zero-order chi connectivity index (χ0) is 22.3. The average molecular weight is 433 g/mol. The Morgan fingerprint density at radius 1 is 1.13 bits per heavy atom. The molecule has 0 fully saturated rings. The molecule has 0 saturated carbocycles. The van der Waals surface area contributed by atoms with Crippen molar-refractivity contribution < 1.29 is 17.9 Å². The number of benzene rings is 2. The van der Waals surface area contributed by atoms with Crippen molar-refractivity contribution in [2.24, 2.45) is 0 Å². The number of nitrogens with one attached hydrogen (secondary N) is 1. The van der Waals surface area contributed by atoms with Crippen molar-refractivity contribution in [2.45, 2.75) is 46.1 Å². The van der Waals surface area contributed by atoms with Gasteiger partial charge >= 0.3 is 0 Å². The Kier molecular flexibility index (Phi) is 8.29. The first-order chi connectivity index (χ1) is 14.2. The molecule has 30 heavy (non-hydrogen) atoms. The van der Waals surface area contributed by atoms with Crippen LogP contribution >= 0.6 is 0 Å².